The average Bonchev–Trinajstić information content (AvgIpc) is 2.46. The van der Waals surface area contributed by atoms with Gasteiger partial charge in [-0.25, -0.2) is 8.42 Å². The lowest BCUT2D eigenvalue weighted by Gasteiger charge is -2.14. The standard InChI is InChI=1S/C13H17NO7S/c1-8(13(16)17)14-22(18,19)11-5-4-10(20-2)6-9(11)7-12(15)21-3/h4-6,8,14H,7H2,1-3H3,(H,16,17)/t8-/m1/s1. The number of rotatable bonds is 7. The van der Waals surface area contributed by atoms with Gasteiger partial charge in [0, 0.05) is 0 Å². The van der Waals surface area contributed by atoms with Crippen molar-refractivity contribution in [2.24, 2.45) is 0 Å². The van der Waals surface area contributed by atoms with Crippen molar-refractivity contribution in [2.75, 3.05) is 14.2 Å². The van der Waals surface area contributed by atoms with E-state index in [0.29, 0.717) is 5.75 Å². The molecule has 1 aromatic rings. The Balaban J connectivity index is 3.26. The van der Waals surface area contributed by atoms with Crippen LogP contribution in [-0.2, 0) is 30.8 Å². The highest BCUT2D eigenvalue weighted by Gasteiger charge is 2.25. The van der Waals surface area contributed by atoms with Crippen LogP contribution in [0.2, 0.25) is 0 Å². The minimum absolute atomic E-state index is 0.149. The van der Waals surface area contributed by atoms with Crippen molar-refractivity contribution in [1.82, 2.24) is 4.72 Å². The summed E-state index contributed by atoms with van der Waals surface area (Å²) in [6, 6.07) is 2.73. The summed E-state index contributed by atoms with van der Waals surface area (Å²) < 4.78 is 36.1. The highest BCUT2D eigenvalue weighted by molar-refractivity contribution is 7.89. The quantitative estimate of drug-likeness (QED) is 0.683. The first-order valence-electron chi connectivity index (χ1n) is 6.20. The van der Waals surface area contributed by atoms with E-state index >= 15 is 0 Å². The molecule has 0 fully saturated rings. The fourth-order valence-corrected chi connectivity index (χ4v) is 3.07. The SMILES string of the molecule is COC(=O)Cc1cc(OC)ccc1S(=O)(=O)N[C@H](C)C(=O)O. The van der Waals surface area contributed by atoms with Gasteiger partial charge in [0.1, 0.15) is 11.8 Å². The molecule has 0 saturated carbocycles. The summed E-state index contributed by atoms with van der Waals surface area (Å²) in [5, 5.41) is 8.81. The molecular weight excluding hydrogens is 314 g/mol. The Morgan fingerprint density at radius 1 is 1.32 bits per heavy atom. The van der Waals surface area contributed by atoms with Gasteiger partial charge in [-0.1, -0.05) is 0 Å². The van der Waals surface area contributed by atoms with Crippen LogP contribution in [0.15, 0.2) is 23.1 Å². The lowest BCUT2D eigenvalue weighted by Crippen LogP contribution is -2.38. The number of sulfonamides is 1. The van der Waals surface area contributed by atoms with Crippen molar-refractivity contribution in [3.05, 3.63) is 23.8 Å². The molecule has 0 aliphatic heterocycles. The van der Waals surface area contributed by atoms with E-state index in [1.54, 1.807) is 0 Å². The number of carboxylic acid groups (broad SMARTS) is 1. The second-order valence-corrected chi connectivity index (χ2v) is 6.09. The van der Waals surface area contributed by atoms with Gasteiger partial charge in [-0.3, -0.25) is 9.59 Å². The van der Waals surface area contributed by atoms with Crippen LogP contribution < -0.4 is 9.46 Å². The number of hydrogen-bond acceptors (Lipinski definition) is 6. The van der Waals surface area contributed by atoms with E-state index in [1.165, 1.54) is 39.3 Å². The minimum atomic E-state index is -4.11. The van der Waals surface area contributed by atoms with Crippen LogP contribution in [0.4, 0.5) is 0 Å². The minimum Gasteiger partial charge on any atom is -0.497 e. The number of hydrogen-bond donors (Lipinski definition) is 2. The van der Waals surface area contributed by atoms with Crippen molar-refractivity contribution < 1.29 is 32.6 Å². The number of carbonyl (C=O) groups is 2. The van der Waals surface area contributed by atoms with Crippen LogP contribution in [-0.4, -0.2) is 45.7 Å². The van der Waals surface area contributed by atoms with Gasteiger partial charge in [0.25, 0.3) is 0 Å². The van der Waals surface area contributed by atoms with Gasteiger partial charge in [0.15, 0.2) is 0 Å². The maximum atomic E-state index is 12.3. The lowest BCUT2D eigenvalue weighted by molar-refractivity contribution is -0.140. The average molecular weight is 331 g/mol. The van der Waals surface area contributed by atoms with Gasteiger partial charge < -0.3 is 14.6 Å². The molecule has 0 heterocycles. The van der Waals surface area contributed by atoms with Gasteiger partial charge in [0.2, 0.25) is 10.0 Å². The molecule has 0 spiro atoms. The molecule has 1 atom stereocenters. The number of ether oxygens (including phenoxy) is 2. The zero-order chi connectivity index (χ0) is 16.9. The van der Waals surface area contributed by atoms with E-state index < -0.39 is 28.0 Å². The summed E-state index contributed by atoms with van der Waals surface area (Å²) in [6.45, 7) is 1.20. The van der Waals surface area contributed by atoms with Crippen molar-refractivity contribution in [2.45, 2.75) is 24.3 Å². The monoisotopic (exact) mass is 331 g/mol. The van der Waals surface area contributed by atoms with E-state index in [0.717, 1.165) is 0 Å². The Labute approximate surface area is 128 Å². The molecule has 0 aliphatic rings. The van der Waals surface area contributed by atoms with Gasteiger partial charge >= 0.3 is 11.9 Å². The zero-order valence-corrected chi connectivity index (χ0v) is 13.1. The molecule has 0 aromatic heterocycles. The van der Waals surface area contributed by atoms with Crippen molar-refractivity contribution in [1.29, 1.82) is 0 Å². The van der Waals surface area contributed by atoms with Crippen LogP contribution in [0, 0.1) is 0 Å². The van der Waals surface area contributed by atoms with Crippen LogP contribution in [0.3, 0.4) is 0 Å². The third-order valence-electron chi connectivity index (χ3n) is 2.82. The van der Waals surface area contributed by atoms with Gasteiger partial charge in [-0.15, -0.1) is 0 Å². The third kappa shape index (κ3) is 4.43. The Kier molecular flexibility index (Phi) is 5.89. The summed E-state index contributed by atoms with van der Waals surface area (Å²) in [7, 11) is -1.53. The first kappa shape index (κ1) is 17.9. The summed E-state index contributed by atoms with van der Waals surface area (Å²) >= 11 is 0. The number of nitrogens with one attached hydrogen (secondary N) is 1. The molecule has 22 heavy (non-hydrogen) atoms. The topological polar surface area (TPSA) is 119 Å². The summed E-state index contributed by atoms with van der Waals surface area (Å²) in [4.78, 5) is 22.0. The number of carbonyl (C=O) groups excluding carboxylic acids is 1. The van der Waals surface area contributed by atoms with Crippen LogP contribution in [0.1, 0.15) is 12.5 Å². The molecule has 0 bridgehead atoms. The fraction of sp³-hybridized carbons (Fsp3) is 0.385. The zero-order valence-electron chi connectivity index (χ0n) is 12.3. The van der Waals surface area contributed by atoms with E-state index in [4.69, 9.17) is 9.84 Å². The first-order valence-corrected chi connectivity index (χ1v) is 7.68. The summed E-state index contributed by atoms with van der Waals surface area (Å²) in [5.74, 6) is -1.58. The number of aliphatic carboxylic acids is 1. The lowest BCUT2D eigenvalue weighted by atomic mass is 10.1. The highest BCUT2D eigenvalue weighted by Crippen LogP contribution is 2.23. The Morgan fingerprint density at radius 2 is 1.95 bits per heavy atom. The van der Waals surface area contributed by atoms with Gasteiger partial charge in [-0.05, 0) is 30.7 Å². The smallest absolute Gasteiger partial charge is 0.321 e. The van der Waals surface area contributed by atoms with E-state index in [1.807, 2.05) is 4.72 Å². The predicted octanol–water partition coefficient (Wildman–Crippen LogP) is 0.162. The number of esters is 1. The molecule has 0 saturated heterocycles. The molecule has 8 nitrogen and oxygen atoms in total. The van der Waals surface area contributed by atoms with Crippen LogP contribution in [0.25, 0.3) is 0 Å². The predicted molar refractivity (Wildman–Crippen MR) is 76.1 cm³/mol. The van der Waals surface area contributed by atoms with Gasteiger partial charge in [-0.2, -0.15) is 4.72 Å². The molecule has 0 amide bonds. The van der Waals surface area contributed by atoms with Crippen LogP contribution in [0.5, 0.6) is 5.75 Å². The first-order chi connectivity index (χ1) is 10.2. The summed E-state index contributed by atoms with van der Waals surface area (Å²) in [5.41, 5.74) is 0.149. The number of carboxylic acids is 1. The molecule has 1 aromatic carbocycles. The summed E-state index contributed by atoms with van der Waals surface area (Å²) in [6.07, 6.45) is -0.286. The van der Waals surface area contributed by atoms with Crippen molar-refractivity contribution in [3.63, 3.8) is 0 Å². The molecule has 0 unspecified atom stereocenters. The second kappa shape index (κ2) is 7.23. The Morgan fingerprint density at radius 3 is 2.45 bits per heavy atom. The second-order valence-electron chi connectivity index (χ2n) is 4.41. The van der Waals surface area contributed by atoms with E-state index in [2.05, 4.69) is 4.74 Å². The van der Waals surface area contributed by atoms with E-state index in [-0.39, 0.29) is 16.9 Å². The number of methoxy groups -OCH3 is 2. The van der Waals surface area contributed by atoms with Crippen LogP contribution >= 0.6 is 0 Å². The van der Waals surface area contributed by atoms with Gasteiger partial charge in [0.05, 0.1) is 25.5 Å². The van der Waals surface area contributed by atoms with Crippen molar-refractivity contribution >= 4 is 22.0 Å². The molecule has 0 aliphatic carbocycles. The molecule has 1 rings (SSSR count). The molecular formula is C13H17NO7S. The molecule has 2 N–H and O–H groups in total. The molecule has 122 valence electrons. The fourth-order valence-electron chi connectivity index (χ4n) is 1.66. The Hall–Kier alpha value is -2.13. The normalized spacial score (nSPS) is 12.5. The van der Waals surface area contributed by atoms with E-state index in [9.17, 15) is 18.0 Å². The van der Waals surface area contributed by atoms with Crippen molar-refractivity contribution in [3.8, 4) is 5.75 Å². The highest BCUT2D eigenvalue weighted by atomic mass is 32.2. The largest absolute Gasteiger partial charge is 0.497 e. The maximum Gasteiger partial charge on any atom is 0.321 e. The Bertz CT molecular complexity index is 669. The number of benzene rings is 1. The molecule has 9 heteroatoms. The molecule has 0 radical (unpaired) electrons. The third-order valence-corrected chi connectivity index (χ3v) is 4.46. The maximum absolute atomic E-state index is 12.3.